The molecule has 1 amide bonds. The van der Waals surface area contributed by atoms with Crippen LogP contribution in [-0.4, -0.2) is 24.1 Å². The quantitative estimate of drug-likeness (QED) is 0.352. The summed E-state index contributed by atoms with van der Waals surface area (Å²) < 4.78 is 5.12. The minimum atomic E-state index is -0.423. The van der Waals surface area contributed by atoms with E-state index >= 15 is 0 Å². The van der Waals surface area contributed by atoms with Gasteiger partial charge in [0.1, 0.15) is 6.61 Å². The SMILES string of the molecule is O=C(NCCC=Cc1cccc(C=NO)c1)OCc1ccccc1. The fourth-order valence-electron chi connectivity index (χ4n) is 2.06. The summed E-state index contributed by atoms with van der Waals surface area (Å²) in [5.41, 5.74) is 2.78. The number of nitrogens with zero attached hydrogens (tertiary/aromatic N) is 1. The Kier molecular flexibility index (Phi) is 7.08. The molecule has 0 saturated carbocycles. The van der Waals surface area contributed by atoms with Crippen molar-refractivity contribution in [3.63, 3.8) is 0 Å². The van der Waals surface area contributed by atoms with Crippen molar-refractivity contribution in [3.05, 3.63) is 77.4 Å². The first-order chi connectivity index (χ1) is 11.8. The lowest BCUT2D eigenvalue weighted by molar-refractivity contribution is 0.140. The molecule has 2 rings (SSSR count). The largest absolute Gasteiger partial charge is 0.445 e. The second kappa shape index (κ2) is 9.84. The standard InChI is InChI=1S/C19H20N2O3/c22-19(24-15-17-8-2-1-3-9-17)20-12-5-4-7-16-10-6-11-18(13-16)14-21-23/h1-4,6-11,13-14,23H,5,12,15H2,(H,20,22). The molecule has 24 heavy (non-hydrogen) atoms. The third-order valence-electron chi connectivity index (χ3n) is 3.22. The van der Waals surface area contributed by atoms with E-state index < -0.39 is 6.09 Å². The number of rotatable bonds is 7. The normalized spacial score (nSPS) is 11.0. The highest BCUT2D eigenvalue weighted by Gasteiger charge is 2.00. The third kappa shape index (κ3) is 6.36. The third-order valence-corrected chi connectivity index (χ3v) is 3.22. The predicted octanol–water partition coefficient (Wildman–Crippen LogP) is 3.82. The van der Waals surface area contributed by atoms with E-state index in [-0.39, 0.29) is 6.61 Å². The maximum absolute atomic E-state index is 11.6. The number of alkyl carbamates (subject to hydrolysis) is 1. The van der Waals surface area contributed by atoms with Gasteiger partial charge in [-0.05, 0) is 29.2 Å². The van der Waals surface area contributed by atoms with Gasteiger partial charge in [-0.2, -0.15) is 0 Å². The molecule has 0 fully saturated rings. The minimum absolute atomic E-state index is 0.266. The van der Waals surface area contributed by atoms with Crippen molar-refractivity contribution >= 4 is 18.4 Å². The van der Waals surface area contributed by atoms with E-state index in [1.165, 1.54) is 6.21 Å². The molecule has 0 unspecified atom stereocenters. The van der Waals surface area contributed by atoms with Crippen molar-refractivity contribution in [1.82, 2.24) is 5.32 Å². The van der Waals surface area contributed by atoms with E-state index in [0.29, 0.717) is 13.0 Å². The smallest absolute Gasteiger partial charge is 0.407 e. The van der Waals surface area contributed by atoms with Crippen LogP contribution in [0, 0.1) is 0 Å². The lowest BCUT2D eigenvalue weighted by atomic mass is 10.1. The monoisotopic (exact) mass is 324 g/mol. The van der Waals surface area contributed by atoms with Crippen LogP contribution in [0.5, 0.6) is 0 Å². The Morgan fingerprint density at radius 1 is 1.12 bits per heavy atom. The Morgan fingerprint density at radius 3 is 2.71 bits per heavy atom. The number of carbonyl (C=O) groups is 1. The van der Waals surface area contributed by atoms with Gasteiger partial charge >= 0.3 is 6.09 Å². The Balaban J connectivity index is 1.67. The van der Waals surface area contributed by atoms with Crippen LogP contribution in [0.25, 0.3) is 6.08 Å². The van der Waals surface area contributed by atoms with Gasteiger partial charge in [0.25, 0.3) is 0 Å². The molecule has 2 aromatic carbocycles. The van der Waals surface area contributed by atoms with Crippen LogP contribution in [0.2, 0.25) is 0 Å². The molecule has 124 valence electrons. The van der Waals surface area contributed by atoms with Gasteiger partial charge in [0.2, 0.25) is 0 Å². The van der Waals surface area contributed by atoms with Crippen molar-refractivity contribution in [2.75, 3.05) is 6.54 Å². The van der Waals surface area contributed by atoms with Gasteiger partial charge in [-0.25, -0.2) is 4.79 Å². The molecule has 0 radical (unpaired) electrons. The summed E-state index contributed by atoms with van der Waals surface area (Å²) in [6.45, 7) is 0.767. The van der Waals surface area contributed by atoms with Gasteiger partial charge in [-0.3, -0.25) is 0 Å². The summed E-state index contributed by atoms with van der Waals surface area (Å²) in [6, 6.07) is 17.1. The Hall–Kier alpha value is -3.08. The maximum atomic E-state index is 11.6. The fourth-order valence-corrected chi connectivity index (χ4v) is 2.06. The Morgan fingerprint density at radius 2 is 1.92 bits per heavy atom. The lowest BCUT2D eigenvalue weighted by Crippen LogP contribution is -2.24. The number of carbonyl (C=O) groups excluding carboxylic acids is 1. The highest BCUT2D eigenvalue weighted by atomic mass is 16.5. The molecule has 2 N–H and O–H groups in total. The van der Waals surface area contributed by atoms with Gasteiger partial charge in [0.05, 0.1) is 6.21 Å². The average Bonchev–Trinajstić information content (AvgIpc) is 2.61. The fraction of sp³-hybridized carbons (Fsp3) is 0.158. The molecule has 0 aliphatic heterocycles. The molecule has 0 bridgehead atoms. The average molecular weight is 324 g/mol. The second-order valence-corrected chi connectivity index (χ2v) is 5.09. The van der Waals surface area contributed by atoms with Crippen molar-refractivity contribution in [2.45, 2.75) is 13.0 Å². The second-order valence-electron chi connectivity index (χ2n) is 5.09. The lowest BCUT2D eigenvalue weighted by Gasteiger charge is -2.05. The molecule has 0 heterocycles. The van der Waals surface area contributed by atoms with E-state index in [1.54, 1.807) is 0 Å². The predicted molar refractivity (Wildman–Crippen MR) is 94.1 cm³/mol. The molecule has 0 saturated heterocycles. The molecule has 0 atom stereocenters. The molecule has 0 aliphatic carbocycles. The Labute approximate surface area is 141 Å². The van der Waals surface area contributed by atoms with Gasteiger partial charge < -0.3 is 15.3 Å². The number of amides is 1. The van der Waals surface area contributed by atoms with Crippen LogP contribution in [0.4, 0.5) is 4.79 Å². The van der Waals surface area contributed by atoms with Crippen LogP contribution >= 0.6 is 0 Å². The van der Waals surface area contributed by atoms with Gasteiger partial charge in [0, 0.05) is 6.54 Å². The molecule has 2 aromatic rings. The van der Waals surface area contributed by atoms with Crippen LogP contribution in [0.1, 0.15) is 23.1 Å². The van der Waals surface area contributed by atoms with Crippen molar-refractivity contribution in [3.8, 4) is 0 Å². The number of oxime groups is 1. The summed E-state index contributed by atoms with van der Waals surface area (Å²) in [7, 11) is 0. The maximum Gasteiger partial charge on any atom is 0.407 e. The van der Waals surface area contributed by atoms with E-state index in [1.807, 2.05) is 66.7 Å². The number of hydrogen-bond donors (Lipinski definition) is 2. The van der Waals surface area contributed by atoms with Crippen LogP contribution in [-0.2, 0) is 11.3 Å². The summed E-state index contributed by atoms with van der Waals surface area (Å²) in [5.74, 6) is 0. The zero-order chi connectivity index (χ0) is 17.0. The number of nitrogens with one attached hydrogen (secondary N) is 1. The van der Waals surface area contributed by atoms with E-state index in [0.717, 1.165) is 16.7 Å². The highest BCUT2D eigenvalue weighted by Crippen LogP contribution is 2.06. The zero-order valence-electron chi connectivity index (χ0n) is 13.3. The highest BCUT2D eigenvalue weighted by molar-refractivity contribution is 5.80. The molecule has 5 nitrogen and oxygen atoms in total. The van der Waals surface area contributed by atoms with E-state index in [2.05, 4.69) is 10.5 Å². The van der Waals surface area contributed by atoms with Gasteiger partial charge in [-0.1, -0.05) is 65.8 Å². The molecular weight excluding hydrogens is 304 g/mol. The van der Waals surface area contributed by atoms with Gasteiger partial charge in [0.15, 0.2) is 0 Å². The van der Waals surface area contributed by atoms with Crippen molar-refractivity contribution in [1.29, 1.82) is 0 Å². The first-order valence-electron chi connectivity index (χ1n) is 7.66. The molecule has 0 aliphatic rings. The number of ether oxygens (including phenoxy) is 1. The summed E-state index contributed by atoms with van der Waals surface area (Å²) in [6.07, 6.45) is 5.56. The van der Waals surface area contributed by atoms with Crippen LogP contribution < -0.4 is 5.32 Å². The van der Waals surface area contributed by atoms with Crippen LogP contribution in [0.3, 0.4) is 0 Å². The molecular formula is C19H20N2O3. The summed E-state index contributed by atoms with van der Waals surface area (Å²) in [5, 5.41) is 14.2. The molecule has 0 spiro atoms. The molecule has 0 aromatic heterocycles. The number of hydrogen-bond acceptors (Lipinski definition) is 4. The first kappa shape index (κ1) is 17.3. The van der Waals surface area contributed by atoms with E-state index in [9.17, 15) is 4.79 Å². The zero-order valence-corrected chi connectivity index (χ0v) is 13.3. The van der Waals surface area contributed by atoms with E-state index in [4.69, 9.17) is 9.94 Å². The Bertz CT molecular complexity index is 697. The van der Waals surface area contributed by atoms with Crippen molar-refractivity contribution in [2.24, 2.45) is 5.16 Å². The minimum Gasteiger partial charge on any atom is -0.445 e. The first-order valence-corrected chi connectivity index (χ1v) is 7.66. The van der Waals surface area contributed by atoms with Crippen LogP contribution in [0.15, 0.2) is 65.8 Å². The molecule has 5 heteroatoms. The summed E-state index contributed by atoms with van der Waals surface area (Å²) in [4.78, 5) is 11.6. The van der Waals surface area contributed by atoms with Gasteiger partial charge in [-0.15, -0.1) is 0 Å². The number of benzene rings is 2. The summed E-state index contributed by atoms with van der Waals surface area (Å²) >= 11 is 0. The topological polar surface area (TPSA) is 70.9 Å². The van der Waals surface area contributed by atoms with Crippen molar-refractivity contribution < 1.29 is 14.7 Å².